The number of pyridine rings is 1. The molecule has 41 heavy (non-hydrogen) atoms. The Bertz CT molecular complexity index is 1710. The molecule has 0 bridgehead atoms. The van der Waals surface area contributed by atoms with Gasteiger partial charge in [0, 0.05) is 29.5 Å². The fraction of sp³-hybridized carbons (Fsp3) is 0.185. The van der Waals surface area contributed by atoms with Crippen LogP contribution in [0, 0.1) is 11.2 Å². The molecule has 4 rings (SSSR count). The van der Waals surface area contributed by atoms with Crippen molar-refractivity contribution in [3.05, 3.63) is 110 Å². The van der Waals surface area contributed by atoms with E-state index in [0.717, 1.165) is 4.57 Å². The van der Waals surface area contributed by atoms with Gasteiger partial charge in [0.1, 0.15) is 11.6 Å². The van der Waals surface area contributed by atoms with Gasteiger partial charge in [0.05, 0.1) is 12.0 Å². The molecule has 2 aromatic carbocycles. The summed E-state index contributed by atoms with van der Waals surface area (Å²) in [6.07, 6.45) is 1.40. The fourth-order valence-corrected chi connectivity index (χ4v) is 4.35. The standard InChI is InChI=1S/C27H25ClFN5O6S/c1-27(2,25(36)32-41(38)39)16-34-23(35)14-22(33(26(34)37)15-17-5-7-18(28)8-6-17)31-19-9-11-20(12-10-19)40-24-21(29)4-3-13-30-24/h3-14,31H,15-16H2,1-2H3,(H,32,36)(H,38,39). The van der Waals surface area contributed by atoms with E-state index in [1.165, 1.54) is 42.8 Å². The van der Waals surface area contributed by atoms with Crippen molar-refractivity contribution in [2.24, 2.45) is 5.41 Å². The third kappa shape index (κ3) is 7.45. The maximum absolute atomic E-state index is 13.9. The topological polar surface area (TPSA) is 145 Å². The first-order chi connectivity index (χ1) is 19.4. The Labute approximate surface area is 241 Å². The van der Waals surface area contributed by atoms with Crippen LogP contribution in [0.5, 0.6) is 11.6 Å². The van der Waals surface area contributed by atoms with E-state index in [4.69, 9.17) is 20.9 Å². The predicted molar refractivity (Wildman–Crippen MR) is 152 cm³/mol. The van der Waals surface area contributed by atoms with E-state index in [0.29, 0.717) is 22.0 Å². The fourth-order valence-electron chi connectivity index (χ4n) is 3.79. The molecule has 4 aromatic rings. The maximum Gasteiger partial charge on any atom is 0.332 e. The van der Waals surface area contributed by atoms with Crippen molar-refractivity contribution in [1.29, 1.82) is 0 Å². The molecular weight excluding hydrogens is 577 g/mol. The summed E-state index contributed by atoms with van der Waals surface area (Å²) in [7, 11) is 0. The minimum Gasteiger partial charge on any atom is -0.436 e. The van der Waals surface area contributed by atoms with Crippen LogP contribution in [-0.2, 0) is 29.2 Å². The van der Waals surface area contributed by atoms with Gasteiger partial charge < -0.3 is 10.1 Å². The van der Waals surface area contributed by atoms with Crippen molar-refractivity contribution in [3.8, 4) is 11.6 Å². The van der Waals surface area contributed by atoms with Crippen LogP contribution < -0.4 is 26.0 Å². The third-order valence-electron chi connectivity index (χ3n) is 5.95. The minimum atomic E-state index is -2.61. The molecule has 0 saturated heterocycles. The molecule has 1 unspecified atom stereocenters. The Kier molecular flexibility index (Phi) is 9.01. The van der Waals surface area contributed by atoms with E-state index in [2.05, 4.69) is 10.3 Å². The number of nitrogens with zero attached hydrogens (tertiary/aromatic N) is 3. The van der Waals surface area contributed by atoms with Crippen molar-refractivity contribution >= 4 is 40.3 Å². The number of carbonyl (C=O) groups excluding carboxylic acids is 1. The van der Waals surface area contributed by atoms with E-state index in [9.17, 15) is 23.0 Å². The molecule has 0 fully saturated rings. The number of carbonyl (C=O) groups is 1. The van der Waals surface area contributed by atoms with Gasteiger partial charge in [0.2, 0.25) is 5.91 Å². The number of aromatic nitrogens is 3. The molecule has 2 heterocycles. The lowest BCUT2D eigenvalue weighted by Gasteiger charge is -2.24. The highest BCUT2D eigenvalue weighted by Crippen LogP contribution is 2.25. The molecule has 1 amide bonds. The molecule has 2 aromatic heterocycles. The van der Waals surface area contributed by atoms with Crippen LogP contribution in [0.25, 0.3) is 0 Å². The molecule has 0 aliphatic rings. The lowest BCUT2D eigenvalue weighted by atomic mass is 9.92. The SMILES string of the molecule is CC(C)(Cn1c(=O)cc(Nc2ccc(Oc3ncccc3F)cc2)n(Cc2ccc(Cl)cc2)c1=O)C(=O)NS(=O)O. The molecule has 0 aliphatic heterocycles. The highest BCUT2D eigenvalue weighted by molar-refractivity contribution is 7.77. The number of benzene rings is 2. The van der Waals surface area contributed by atoms with Gasteiger partial charge in [0.15, 0.2) is 5.82 Å². The zero-order valence-corrected chi connectivity index (χ0v) is 23.4. The van der Waals surface area contributed by atoms with Crippen LogP contribution in [0.4, 0.5) is 15.9 Å². The number of hydrogen-bond donors (Lipinski definition) is 3. The number of nitrogens with one attached hydrogen (secondary N) is 2. The summed E-state index contributed by atoms with van der Waals surface area (Å²) in [6, 6.07) is 17.0. The van der Waals surface area contributed by atoms with Gasteiger partial charge in [-0.25, -0.2) is 18.4 Å². The van der Waals surface area contributed by atoms with Gasteiger partial charge in [-0.05, 0) is 67.9 Å². The lowest BCUT2D eigenvalue weighted by Crippen LogP contribution is -2.47. The molecule has 0 aliphatic carbocycles. The summed E-state index contributed by atoms with van der Waals surface area (Å²) >= 11 is 3.40. The smallest absolute Gasteiger partial charge is 0.332 e. The van der Waals surface area contributed by atoms with Crippen LogP contribution in [-0.4, -0.2) is 28.8 Å². The molecule has 11 nitrogen and oxygen atoms in total. The van der Waals surface area contributed by atoms with Crippen molar-refractivity contribution in [2.45, 2.75) is 26.9 Å². The van der Waals surface area contributed by atoms with Crippen molar-refractivity contribution in [1.82, 2.24) is 18.8 Å². The van der Waals surface area contributed by atoms with Gasteiger partial charge in [-0.15, -0.1) is 0 Å². The highest BCUT2D eigenvalue weighted by atomic mass is 35.5. The van der Waals surface area contributed by atoms with Crippen molar-refractivity contribution in [3.63, 3.8) is 0 Å². The highest BCUT2D eigenvalue weighted by Gasteiger charge is 2.31. The normalized spacial score (nSPS) is 12.0. The van der Waals surface area contributed by atoms with Crippen LogP contribution in [0.3, 0.4) is 0 Å². The third-order valence-corrected chi connectivity index (χ3v) is 6.56. The van der Waals surface area contributed by atoms with Gasteiger partial charge in [-0.1, -0.05) is 23.7 Å². The molecule has 0 spiro atoms. The maximum atomic E-state index is 13.9. The van der Waals surface area contributed by atoms with E-state index in [1.54, 1.807) is 48.5 Å². The zero-order valence-electron chi connectivity index (χ0n) is 21.8. The molecular formula is C27H25ClFN5O6S. The lowest BCUT2D eigenvalue weighted by molar-refractivity contribution is -0.128. The first-order valence-corrected chi connectivity index (χ1v) is 13.6. The van der Waals surface area contributed by atoms with E-state index in [-0.39, 0.29) is 24.8 Å². The number of halogens is 2. The van der Waals surface area contributed by atoms with Crippen LogP contribution >= 0.6 is 11.6 Å². The average molecular weight is 602 g/mol. The Balaban J connectivity index is 1.68. The monoisotopic (exact) mass is 601 g/mol. The molecule has 214 valence electrons. The second-order valence-corrected chi connectivity index (χ2v) is 10.7. The van der Waals surface area contributed by atoms with Crippen molar-refractivity contribution < 1.29 is 22.7 Å². The van der Waals surface area contributed by atoms with Gasteiger partial charge in [0.25, 0.3) is 22.7 Å². The number of hydrogen-bond acceptors (Lipinski definition) is 7. The average Bonchev–Trinajstić information content (AvgIpc) is 2.92. The number of ether oxygens (including phenoxy) is 1. The summed E-state index contributed by atoms with van der Waals surface area (Å²) in [6.45, 7) is 2.57. The zero-order chi connectivity index (χ0) is 29.7. The number of rotatable bonds is 10. The predicted octanol–water partition coefficient (Wildman–Crippen LogP) is 4.06. The quantitative estimate of drug-likeness (QED) is 0.231. The molecule has 1 atom stereocenters. The first-order valence-electron chi connectivity index (χ1n) is 12.1. The minimum absolute atomic E-state index is 0.0477. The molecule has 3 N–H and O–H groups in total. The van der Waals surface area contributed by atoms with Crippen molar-refractivity contribution in [2.75, 3.05) is 5.32 Å². The van der Waals surface area contributed by atoms with Gasteiger partial charge in [-0.2, -0.15) is 0 Å². The summed E-state index contributed by atoms with van der Waals surface area (Å²) in [5.41, 5.74) is -1.59. The summed E-state index contributed by atoms with van der Waals surface area (Å²) < 4.78 is 43.5. The Morgan fingerprint density at radius 1 is 1.10 bits per heavy atom. The first kappa shape index (κ1) is 29.6. The van der Waals surface area contributed by atoms with E-state index < -0.39 is 39.7 Å². The molecule has 0 saturated carbocycles. The van der Waals surface area contributed by atoms with Crippen LogP contribution in [0.1, 0.15) is 19.4 Å². The van der Waals surface area contributed by atoms with Crippen LogP contribution in [0.15, 0.2) is 82.5 Å². The Morgan fingerprint density at radius 2 is 1.78 bits per heavy atom. The van der Waals surface area contributed by atoms with Gasteiger partial charge >= 0.3 is 5.69 Å². The largest absolute Gasteiger partial charge is 0.436 e. The second-order valence-electron chi connectivity index (χ2n) is 9.56. The summed E-state index contributed by atoms with van der Waals surface area (Å²) in [4.78, 5) is 43.0. The second kappa shape index (κ2) is 12.5. The molecule has 0 radical (unpaired) electrons. The van der Waals surface area contributed by atoms with E-state index in [1.807, 2.05) is 4.72 Å². The van der Waals surface area contributed by atoms with E-state index >= 15 is 0 Å². The molecule has 14 heteroatoms. The van der Waals surface area contributed by atoms with Crippen LogP contribution in [0.2, 0.25) is 5.02 Å². The summed E-state index contributed by atoms with van der Waals surface area (Å²) in [5.74, 6) is -1.15. The number of amides is 1. The summed E-state index contributed by atoms with van der Waals surface area (Å²) in [5, 5.41) is 3.56. The van der Waals surface area contributed by atoms with Gasteiger partial charge in [-0.3, -0.25) is 28.0 Å². The Hall–Kier alpha value is -4.33. The number of anilines is 2. The Morgan fingerprint density at radius 3 is 2.41 bits per heavy atom.